The van der Waals surface area contributed by atoms with Gasteiger partial charge in [-0.2, -0.15) is 0 Å². The van der Waals surface area contributed by atoms with Crippen LogP contribution in [0.4, 0.5) is 0 Å². The molecule has 0 aliphatic carbocycles. The quantitative estimate of drug-likeness (QED) is 0.944. The summed E-state index contributed by atoms with van der Waals surface area (Å²) in [6.07, 6.45) is 3.53. The first-order chi connectivity index (χ1) is 10.2. The predicted molar refractivity (Wildman–Crippen MR) is 78.2 cm³/mol. The minimum Gasteiger partial charge on any atom is -0.440 e. The lowest BCUT2D eigenvalue weighted by molar-refractivity contribution is 0.0453. The molecule has 0 radical (unpaired) electrons. The maximum Gasteiger partial charge on any atom is 0.289 e. The highest BCUT2D eigenvalue weighted by molar-refractivity contribution is 6.29. The van der Waals surface area contributed by atoms with Crippen molar-refractivity contribution in [2.24, 2.45) is 0 Å². The van der Waals surface area contributed by atoms with Crippen LogP contribution < -0.4 is 0 Å². The summed E-state index contributed by atoms with van der Waals surface area (Å²) in [5.74, 6) is 1.03. The van der Waals surface area contributed by atoms with Gasteiger partial charge in [-0.1, -0.05) is 6.92 Å². The zero-order valence-corrected chi connectivity index (χ0v) is 12.5. The summed E-state index contributed by atoms with van der Waals surface area (Å²) in [5, 5.41) is 0.230. The number of likely N-dealkylation sites (N-methyl/N-ethyl adjacent to an activating group) is 1. The topological polar surface area (TPSA) is 65.4 Å². The molecular formula is C14H17ClN4O2. The van der Waals surface area contributed by atoms with E-state index >= 15 is 0 Å². The van der Waals surface area contributed by atoms with E-state index in [4.69, 9.17) is 16.0 Å². The van der Waals surface area contributed by atoms with E-state index in [2.05, 4.69) is 21.8 Å². The maximum atomic E-state index is 12.4. The van der Waals surface area contributed by atoms with E-state index in [1.807, 2.05) is 0 Å². The molecule has 0 aromatic carbocycles. The van der Waals surface area contributed by atoms with Crippen LogP contribution in [0.5, 0.6) is 0 Å². The van der Waals surface area contributed by atoms with Gasteiger partial charge in [-0.25, -0.2) is 4.98 Å². The Morgan fingerprint density at radius 1 is 1.52 bits per heavy atom. The van der Waals surface area contributed by atoms with Gasteiger partial charge in [0.05, 0.1) is 6.04 Å². The number of carbonyl (C=O) groups excluding carboxylic acids is 1. The standard InChI is InChI=1S/C14H17ClN4O2/c1-2-18-7-8-19(9-10(18)13-16-5-6-17-13)14(20)11-3-4-12(15)21-11/h3-6,10H,2,7-9H2,1H3,(H,16,17). The molecule has 0 spiro atoms. The van der Waals surface area contributed by atoms with E-state index < -0.39 is 0 Å². The van der Waals surface area contributed by atoms with Gasteiger partial charge < -0.3 is 14.3 Å². The molecule has 112 valence electrons. The third-order valence-corrected chi connectivity index (χ3v) is 4.01. The van der Waals surface area contributed by atoms with Crippen molar-refractivity contribution in [3.05, 3.63) is 41.3 Å². The molecule has 1 saturated heterocycles. The normalized spacial score (nSPS) is 19.9. The van der Waals surface area contributed by atoms with Crippen LogP contribution in [-0.2, 0) is 0 Å². The summed E-state index contributed by atoms with van der Waals surface area (Å²) in [7, 11) is 0. The number of halogens is 1. The Bertz CT molecular complexity index is 610. The van der Waals surface area contributed by atoms with Crippen molar-refractivity contribution < 1.29 is 9.21 Å². The molecule has 0 saturated carbocycles. The van der Waals surface area contributed by atoms with Gasteiger partial charge >= 0.3 is 0 Å². The molecule has 1 atom stereocenters. The van der Waals surface area contributed by atoms with Crippen LogP contribution in [0.3, 0.4) is 0 Å². The Morgan fingerprint density at radius 2 is 2.38 bits per heavy atom. The van der Waals surface area contributed by atoms with E-state index in [-0.39, 0.29) is 22.9 Å². The molecule has 1 aliphatic rings. The van der Waals surface area contributed by atoms with E-state index in [1.165, 1.54) is 0 Å². The van der Waals surface area contributed by atoms with Crippen LogP contribution in [0.1, 0.15) is 29.3 Å². The number of furan rings is 1. The van der Waals surface area contributed by atoms with Crippen molar-refractivity contribution in [1.82, 2.24) is 19.8 Å². The highest BCUT2D eigenvalue weighted by Gasteiger charge is 2.32. The highest BCUT2D eigenvalue weighted by Crippen LogP contribution is 2.24. The summed E-state index contributed by atoms with van der Waals surface area (Å²) in [4.78, 5) is 24.0. The molecule has 1 N–H and O–H groups in total. The Balaban J connectivity index is 1.78. The van der Waals surface area contributed by atoms with E-state index in [9.17, 15) is 4.79 Å². The lowest BCUT2D eigenvalue weighted by Crippen LogP contribution is -2.50. The molecule has 21 heavy (non-hydrogen) atoms. The number of carbonyl (C=O) groups is 1. The van der Waals surface area contributed by atoms with Gasteiger partial charge in [-0.15, -0.1) is 0 Å². The number of aromatic nitrogens is 2. The van der Waals surface area contributed by atoms with Gasteiger partial charge in [0.2, 0.25) is 0 Å². The average molecular weight is 309 g/mol. The molecular weight excluding hydrogens is 292 g/mol. The van der Waals surface area contributed by atoms with Crippen LogP contribution >= 0.6 is 11.6 Å². The lowest BCUT2D eigenvalue weighted by Gasteiger charge is -2.39. The van der Waals surface area contributed by atoms with Crippen molar-refractivity contribution in [2.45, 2.75) is 13.0 Å². The van der Waals surface area contributed by atoms with Gasteiger partial charge in [-0.3, -0.25) is 9.69 Å². The molecule has 3 rings (SSSR count). The summed E-state index contributed by atoms with van der Waals surface area (Å²) < 4.78 is 5.21. The third kappa shape index (κ3) is 2.82. The third-order valence-electron chi connectivity index (χ3n) is 3.80. The van der Waals surface area contributed by atoms with Crippen LogP contribution in [-0.4, -0.2) is 51.9 Å². The summed E-state index contributed by atoms with van der Waals surface area (Å²) in [6.45, 7) is 5.09. The fraction of sp³-hybridized carbons (Fsp3) is 0.429. The minimum atomic E-state index is -0.130. The number of aromatic amines is 1. The van der Waals surface area contributed by atoms with Crippen molar-refractivity contribution in [3.8, 4) is 0 Å². The van der Waals surface area contributed by atoms with E-state index in [0.717, 1.165) is 18.9 Å². The Hall–Kier alpha value is -1.79. The van der Waals surface area contributed by atoms with E-state index in [0.29, 0.717) is 13.1 Å². The molecule has 3 heterocycles. The molecule has 2 aromatic rings. The molecule has 1 amide bonds. The van der Waals surface area contributed by atoms with Gasteiger partial charge in [0.1, 0.15) is 5.82 Å². The molecule has 1 aliphatic heterocycles. The molecule has 1 fully saturated rings. The molecule has 0 bridgehead atoms. The number of nitrogens with one attached hydrogen (secondary N) is 1. The highest BCUT2D eigenvalue weighted by atomic mass is 35.5. The van der Waals surface area contributed by atoms with Crippen LogP contribution in [0.25, 0.3) is 0 Å². The molecule has 7 heteroatoms. The molecule has 6 nitrogen and oxygen atoms in total. The summed E-state index contributed by atoms with van der Waals surface area (Å²) in [5.41, 5.74) is 0. The first kappa shape index (κ1) is 14.2. The fourth-order valence-corrected chi connectivity index (χ4v) is 2.83. The van der Waals surface area contributed by atoms with Crippen LogP contribution in [0, 0.1) is 0 Å². The lowest BCUT2D eigenvalue weighted by atomic mass is 10.1. The number of rotatable bonds is 3. The number of hydrogen-bond donors (Lipinski definition) is 1. The molecule has 2 aromatic heterocycles. The first-order valence-corrected chi connectivity index (χ1v) is 7.34. The van der Waals surface area contributed by atoms with Crippen molar-refractivity contribution in [1.29, 1.82) is 0 Å². The zero-order chi connectivity index (χ0) is 14.8. The van der Waals surface area contributed by atoms with Crippen molar-refractivity contribution in [2.75, 3.05) is 26.2 Å². The first-order valence-electron chi connectivity index (χ1n) is 6.97. The SMILES string of the molecule is CCN1CCN(C(=O)c2ccc(Cl)o2)CC1c1ncc[nH]1. The van der Waals surface area contributed by atoms with Crippen molar-refractivity contribution in [3.63, 3.8) is 0 Å². The minimum absolute atomic E-state index is 0.0770. The maximum absolute atomic E-state index is 12.4. The number of piperazine rings is 1. The number of imidazole rings is 1. The van der Waals surface area contributed by atoms with Crippen LogP contribution in [0.15, 0.2) is 28.9 Å². The second kappa shape index (κ2) is 5.91. The second-order valence-electron chi connectivity index (χ2n) is 4.97. The summed E-state index contributed by atoms with van der Waals surface area (Å²) in [6, 6.07) is 3.27. The van der Waals surface area contributed by atoms with Gasteiger partial charge in [0.25, 0.3) is 5.91 Å². The Labute approximate surface area is 127 Å². The van der Waals surface area contributed by atoms with Gasteiger partial charge in [0.15, 0.2) is 11.0 Å². The largest absolute Gasteiger partial charge is 0.440 e. The number of hydrogen-bond acceptors (Lipinski definition) is 4. The average Bonchev–Trinajstić information content (AvgIpc) is 3.17. The predicted octanol–water partition coefficient (Wildman–Crippen LogP) is 2.18. The Kier molecular flexibility index (Phi) is 3.98. The summed E-state index contributed by atoms with van der Waals surface area (Å²) >= 11 is 5.74. The van der Waals surface area contributed by atoms with Crippen molar-refractivity contribution >= 4 is 17.5 Å². The van der Waals surface area contributed by atoms with Gasteiger partial charge in [0, 0.05) is 32.0 Å². The zero-order valence-electron chi connectivity index (χ0n) is 11.8. The Morgan fingerprint density at radius 3 is 3.00 bits per heavy atom. The fourth-order valence-electron chi connectivity index (χ4n) is 2.69. The van der Waals surface area contributed by atoms with Gasteiger partial charge in [-0.05, 0) is 30.3 Å². The molecule has 1 unspecified atom stereocenters. The number of nitrogens with zero attached hydrogens (tertiary/aromatic N) is 3. The number of H-pyrrole nitrogens is 1. The second-order valence-corrected chi connectivity index (χ2v) is 5.35. The number of amides is 1. The monoisotopic (exact) mass is 308 g/mol. The van der Waals surface area contributed by atoms with E-state index in [1.54, 1.807) is 29.4 Å². The van der Waals surface area contributed by atoms with Crippen LogP contribution in [0.2, 0.25) is 5.22 Å². The smallest absolute Gasteiger partial charge is 0.289 e.